The van der Waals surface area contributed by atoms with Crippen LogP contribution in [0.5, 0.6) is 0 Å². The molecule has 0 radical (unpaired) electrons. The molecule has 1 fully saturated rings. The van der Waals surface area contributed by atoms with E-state index in [9.17, 15) is 18.5 Å². The summed E-state index contributed by atoms with van der Waals surface area (Å²) < 4.78 is 25.8. The highest BCUT2D eigenvalue weighted by atomic mass is 32.2. The van der Waals surface area contributed by atoms with Crippen molar-refractivity contribution in [2.75, 3.05) is 26.5 Å². The normalized spacial score (nSPS) is 21.6. The molecule has 0 spiro atoms. The van der Waals surface area contributed by atoms with Gasteiger partial charge in [0.05, 0.1) is 9.82 Å². The maximum Gasteiger partial charge on any atom is 0.293 e. The second kappa shape index (κ2) is 6.81. The van der Waals surface area contributed by atoms with Gasteiger partial charge in [-0.15, -0.1) is 0 Å². The number of nitro benzene ring substituents is 1. The lowest BCUT2D eigenvalue weighted by Crippen LogP contribution is -2.39. The van der Waals surface area contributed by atoms with Gasteiger partial charge in [-0.3, -0.25) is 10.1 Å². The highest BCUT2D eigenvalue weighted by molar-refractivity contribution is 7.89. The number of nitrogens with zero attached hydrogens (tertiary/aromatic N) is 2. The molecule has 0 bridgehead atoms. The zero-order valence-electron chi connectivity index (χ0n) is 13.4. The van der Waals surface area contributed by atoms with Crippen LogP contribution < -0.4 is 10.0 Å². The topological polar surface area (TPSA) is 105 Å². The van der Waals surface area contributed by atoms with Crippen LogP contribution in [0.2, 0.25) is 0 Å². The van der Waals surface area contributed by atoms with Crippen molar-refractivity contribution in [3.05, 3.63) is 28.3 Å². The molecule has 0 amide bonds. The maximum absolute atomic E-state index is 11.8. The van der Waals surface area contributed by atoms with Crippen LogP contribution in [-0.2, 0) is 10.0 Å². The molecule has 1 aromatic carbocycles. The van der Waals surface area contributed by atoms with E-state index in [-0.39, 0.29) is 16.6 Å². The van der Waals surface area contributed by atoms with Crippen molar-refractivity contribution in [3.63, 3.8) is 0 Å². The van der Waals surface area contributed by atoms with Crippen LogP contribution in [0.15, 0.2) is 23.1 Å². The zero-order chi connectivity index (χ0) is 17.2. The van der Waals surface area contributed by atoms with Crippen LogP contribution in [0.3, 0.4) is 0 Å². The Morgan fingerprint density at radius 1 is 1.30 bits per heavy atom. The van der Waals surface area contributed by atoms with E-state index in [1.54, 1.807) is 0 Å². The predicted molar refractivity (Wildman–Crippen MR) is 88.1 cm³/mol. The first-order valence-electron chi connectivity index (χ1n) is 7.41. The van der Waals surface area contributed by atoms with Crippen LogP contribution in [0.4, 0.5) is 11.4 Å². The van der Waals surface area contributed by atoms with E-state index in [1.165, 1.54) is 19.2 Å². The van der Waals surface area contributed by atoms with Gasteiger partial charge >= 0.3 is 0 Å². The van der Waals surface area contributed by atoms with Crippen molar-refractivity contribution in [1.82, 2.24) is 9.62 Å². The van der Waals surface area contributed by atoms with E-state index >= 15 is 0 Å². The van der Waals surface area contributed by atoms with Crippen LogP contribution in [-0.4, -0.2) is 51.5 Å². The van der Waals surface area contributed by atoms with Crippen LogP contribution in [0.1, 0.15) is 19.3 Å². The average Bonchev–Trinajstić information content (AvgIpc) is 2.95. The number of hydrogen-bond donors (Lipinski definition) is 2. The molecule has 0 saturated heterocycles. The molecule has 1 aliphatic rings. The minimum absolute atomic E-state index is 0.107. The molecule has 2 rings (SSSR count). The number of likely N-dealkylation sites (N-methyl/N-ethyl adjacent to an activating group) is 1. The largest absolute Gasteiger partial charge is 0.375 e. The number of nitro groups is 1. The van der Waals surface area contributed by atoms with E-state index in [1.807, 2.05) is 14.1 Å². The second-order valence-electron chi connectivity index (χ2n) is 5.86. The first-order valence-corrected chi connectivity index (χ1v) is 8.89. The van der Waals surface area contributed by atoms with Crippen LogP contribution in [0, 0.1) is 10.1 Å². The third kappa shape index (κ3) is 3.80. The molecule has 0 aliphatic heterocycles. The highest BCUT2D eigenvalue weighted by Gasteiger charge is 2.30. The standard InChI is InChI=1S/C14H22N4O4S/c1-15-23(21,22)10-7-8-12(14(9-10)18(19)20)16-11-5-4-6-13(11)17(2)3/h7-9,11,13,15-16H,4-6H2,1-3H3. The molecular formula is C14H22N4O4S. The molecule has 2 N–H and O–H groups in total. The van der Waals surface area contributed by atoms with E-state index in [0.717, 1.165) is 25.3 Å². The number of sulfonamides is 1. The zero-order valence-corrected chi connectivity index (χ0v) is 14.3. The van der Waals surface area contributed by atoms with Crippen molar-refractivity contribution in [3.8, 4) is 0 Å². The van der Waals surface area contributed by atoms with E-state index in [4.69, 9.17) is 0 Å². The Morgan fingerprint density at radius 2 is 2.00 bits per heavy atom. The molecule has 0 heterocycles. The summed E-state index contributed by atoms with van der Waals surface area (Å²) in [5.74, 6) is 0. The third-order valence-corrected chi connectivity index (χ3v) is 5.64. The Bertz CT molecular complexity index is 690. The van der Waals surface area contributed by atoms with Gasteiger partial charge in [0, 0.05) is 18.2 Å². The molecule has 1 aliphatic carbocycles. The van der Waals surface area contributed by atoms with Crippen molar-refractivity contribution < 1.29 is 13.3 Å². The number of nitrogens with one attached hydrogen (secondary N) is 2. The van der Waals surface area contributed by atoms with Gasteiger partial charge in [-0.2, -0.15) is 0 Å². The summed E-state index contributed by atoms with van der Waals surface area (Å²) in [5, 5.41) is 14.5. The number of rotatable bonds is 6. The summed E-state index contributed by atoms with van der Waals surface area (Å²) in [6.07, 6.45) is 3.02. The molecule has 8 nitrogen and oxygen atoms in total. The number of benzene rings is 1. The Hall–Kier alpha value is -1.71. The first kappa shape index (κ1) is 17.6. The van der Waals surface area contributed by atoms with Crippen molar-refractivity contribution in [1.29, 1.82) is 0 Å². The van der Waals surface area contributed by atoms with Gasteiger partial charge in [-0.25, -0.2) is 13.1 Å². The van der Waals surface area contributed by atoms with Gasteiger partial charge in [0.15, 0.2) is 0 Å². The fourth-order valence-corrected chi connectivity index (χ4v) is 3.75. The summed E-state index contributed by atoms with van der Waals surface area (Å²) in [4.78, 5) is 12.7. The molecule has 128 valence electrons. The van der Waals surface area contributed by atoms with Gasteiger partial charge in [-0.1, -0.05) is 0 Å². The third-order valence-electron chi connectivity index (χ3n) is 4.23. The van der Waals surface area contributed by atoms with E-state index in [2.05, 4.69) is 14.9 Å². The maximum atomic E-state index is 11.8. The Morgan fingerprint density at radius 3 is 2.57 bits per heavy atom. The Labute approximate surface area is 136 Å². The molecule has 0 aromatic heterocycles. The van der Waals surface area contributed by atoms with Crippen molar-refractivity contribution in [2.24, 2.45) is 0 Å². The quantitative estimate of drug-likeness (QED) is 0.598. The summed E-state index contributed by atoms with van der Waals surface area (Å²) >= 11 is 0. The molecule has 23 heavy (non-hydrogen) atoms. The summed E-state index contributed by atoms with van der Waals surface area (Å²) in [6, 6.07) is 4.34. The summed E-state index contributed by atoms with van der Waals surface area (Å²) in [6.45, 7) is 0. The summed E-state index contributed by atoms with van der Waals surface area (Å²) in [5.41, 5.74) is 0.120. The SMILES string of the molecule is CNS(=O)(=O)c1ccc(NC2CCCC2N(C)C)c([N+](=O)[O-])c1. The van der Waals surface area contributed by atoms with Gasteiger partial charge < -0.3 is 10.2 Å². The molecule has 9 heteroatoms. The number of anilines is 1. The minimum Gasteiger partial charge on any atom is -0.375 e. The van der Waals surface area contributed by atoms with Crippen LogP contribution in [0.25, 0.3) is 0 Å². The molecule has 1 aromatic rings. The second-order valence-corrected chi connectivity index (χ2v) is 7.74. The van der Waals surface area contributed by atoms with Crippen LogP contribution >= 0.6 is 0 Å². The number of hydrogen-bond acceptors (Lipinski definition) is 6. The lowest BCUT2D eigenvalue weighted by atomic mass is 10.1. The average molecular weight is 342 g/mol. The van der Waals surface area contributed by atoms with E-state index in [0.29, 0.717) is 11.7 Å². The fraction of sp³-hybridized carbons (Fsp3) is 0.571. The Kier molecular flexibility index (Phi) is 5.23. The van der Waals surface area contributed by atoms with Gasteiger partial charge in [0.25, 0.3) is 5.69 Å². The predicted octanol–water partition coefficient (Wildman–Crippen LogP) is 1.40. The molecule has 2 unspecified atom stereocenters. The molecule has 1 saturated carbocycles. The first-order chi connectivity index (χ1) is 10.8. The van der Waals surface area contributed by atoms with Gasteiger partial charge in [0.2, 0.25) is 10.0 Å². The smallest absolute Gasteiger partial charge is 0.293 e. The lowest BCUT2D eigenvalue weighted by molar-refractivity contribution is -0.384. The Balaban J connectivity index is 2.34. The minimum atomic E-state index is -3.71. The molecular weight excluding hydrogens is 320 g/mol. The van der Waals surface area contributed by atoms with Gasteiger partial charge in [-0.05, 0) is 52.5 Å². The van der Waals surface area contributed by atoms with Crippen molar-refractivity contribution >= 4 is 21.4 Å². The van der Waals surface area contributed by atoms with Crippen molar-refractivity contribution in [2.45, 2.75) is 36.2 Å². The van der Waals surface area contributed by atoms with Gasteiger partial charge in [0.1, 0.15) is 5.69 Å². The summed E-state index contributed by atoms with van der Waals surface area (Å²) in [7, 11) is 1.53. The fourth-order valence-electron chi connectivity index (χ4n) is 3.00. The molecule has 2 atom stereocenters. The van der Waals surface area contributed by atoms with E-state index < -0.39 is 14.9 Å². The monoisotopic (exact) mass is 342 g/mol. The highest BCUT2D eigenvalue weighted by Crippen LogP contribution is 2.32. The lowest BCUT2D eigenvalue weighted by Gasteiger charge is -2.27.